The SMILES string of the molecule is CCc1cc(C(c2cc(CC)cc(C3(C)CCCCC3)c2O)c2cncn2C)c(O)c(C2(C)CCCCC2)c1. The van der Waals surface area contributed by atoms with Crippen molar-refractivity contribution >= 4 is 0 Å². The van der Waals surface area contributed by atoms with Crippen molar-refractivity contribution in [2.24, 2.45) is 7.05 Å². The molecular formula is C35H48N2O2. The molecule has 4 heteroatoms. The Morgan fingerprint density at radius 3 is 1.54 bits per heavy atom. The smallest absolute Gasteiger partial charge is 0.123 e. The number of imidazole rings is 1. The summed E-state index contributed by atoms with van der Waals surface area (Å²) >= 11 is 0. The van der Waals surface area contributed by atoms with E-state index in [1.807, 2.05) is 24.1 Å². The highest BCUT2D eigenvalue weighted by atomic mass is 16.3. The monoisotopic (exact) mass is 528 g/mol. The Hall–Kier alpha value is -2.75. The standard InChI is InChI=1S/C35H48N2O2/c1-6-24-18-26(32(38)28(20-24)34(3)14-10-8-11-15-34)31(30-22-36-23-37(30)5)27-19-25(7-2)21-29(33(27)39)35(4)16-12-9-13-17-35/h18-23,31,38-39H,6-17H2,1-5H3. The molecule has 0 spiro atoms. The molecule has 2 aliphatic rings. The lowest BCUT2D eigenvalue weighted by molar-refractivity contribution is 0.306. The highest BCUT2D eigenvalue weighted by Crippen LogP contribution is 2.51. The second kappa shape index (κ2) is 11.0. The summed E-state index contributed by atoms with van der Waals surface area (Å²) in [5.41, 5.74) is 7.33. The van der Waals surface area contributed by atoms with Crippen molar-refractivity contribution in [3.05, 3.63) is 75.9 Å². The molecule has 0 aliphatic heterocycles. The van der Waals surface area contributed by atoms with Crippen molar-refractivity contribution in [3.8, 4) is 11.5 Å². The summed E-state index contributed by atoms with van der Waals surface area (Å²) in [6, 6.07) is 8.87. The molecule has 0 unspecified atom stereocenters. The fraction of sp³-hybridized carbons (Fsp3) is 0.571. The van der Waals surface area contributed by atoms with E-state index >= 15 is 0 Å². The Balaban J connectivity index is 1.77. The lowest BCUT2D eigenvalue weighted by Crippen LogP contribution is -2.26. The quantitative estimate of drug-likeness (QED) is 0.323. The van der Waals surface area contributed by atoms with Gasteiger partial charge >= 0.3 is 0 Å². The zero-order valence-corrected chi connectivity index (χ0v) is 24.8. The van der Waals surface area contributed by atoms with E-state index in [0.717, 1.165) is 66.5 Å². The van der Waals surface area contributed by atoms with Crippen molar-refractivity contribution in [2.75, 3.05) is 0 Å². The fourth-order valence-electron chi connectivity index (χ4n) is 7.54. The zero-order valence-electron chi connectivity index (χ0n) is 24.8. The maximum Gasteiger partial charge on any atom is 0.123 e. The molecule has 39 heavy (non-hydrogen) atoms. The average Bonchev–Trinajstić information content (AvgIpc) is 3.36. The Morgan fingerprint density at radius 1 is 0.744 bits per heavy atom. The normalized spacial score (nSPS) is 18.9. The summed E-state index contributed by atoms with van der Waals surface area (Å²) in [5, 5.41) is 24.2. The molecule has 2 aromatic carbocycles. The van der Waals surface area contributed by atoms with E-state index in [0.29, 0.717) is 11.5 Å². The molecule has 210 valence electrons. The number of phenolic OH excluding ortho intramolecular Hbond substituents is 2. The van der Waals surface area contributed by atoms with Crippen molar-refractivity contribution < 1.29 is 10.2 Å². The van der Waals surface area contributed by atoms with Crippen LogP contribution < -0.4 is 0 Å². The maximum atomic E-state index is 12.1. The number of nitrogens with zero attached hydrogens (tertiary/aromatic N) is 2. The van der Waals surface area contributed by atoms with Gasteiger partial charge in [-0.15, -0.1) is 0 Å². The minimum Gasteiger partial charge on any atom is -0.507 e. The molecule has 1 aromatic heterocycles. The Labute approximate surface area is 235 Å². The minimum absolute atomic E-state index is 0.0344. The van der Waals surface area contributed by atoms with E-state index in [-0.39, 0.29) is 16.7 Å². The summed E-state index contributed by atoms with van der Waals surface area (Å²) in [4.78, 5) is 4.49. The van der Waals surface area contributed by atoms with Gasteiger partial charge in [0.15, 0.2) is 0 Å². The molecule has 2 N–H and O–H groups in total. The molecule has 4 nitrogen and oxygen atoms in total. The Kier molecular flexibility index (Phi) is 7.86. The first kappa shape index (κ1) is 27.8. The molecule has 1 heterocycles. The van der Waals surface area contributed by atoms with Gasteiger partial charge in [0.1, 0.15) is 11.5 Å². The second-order valence-corrected chi connectivity index (χ2v) is 13.0. The van der Waals surface area contributed by atoms with Crippen molar-refractivity contribution in [3.63, 3.8) is 0 Å². The molecule has 0 bridgehead atoms. The highest BCUT2D eigenvalue weighted by Gasteiger charge is 2.37. The summed E-state index contributed by atoms with van der Waals surface area (Å²) < 4.78 is 2.05. The van der Waals surface area contributed by atoms with Gasteiger partial charge in [-0.05, 0) is 60.5 Å². The van der Waals surface area contributed by atoms with Crippen LogP contribution in [0.2, 0.25) is 0 Å². The number of benzene rings is 2. The predicted molar refractivity (Wildman–Crippen MR) is 160 cm³/mol. The fourth-order valence-corrected chi connectivity index (χ4v) is 7.54. The van der Waals surface area contributed by atoms with Crippen LogP contribution in [0.15, 0.2) is 36.8 Å². The molecule has 0 amide bonds. The van der Waals surface area contributed by atoms with Crippen molar-refractivity contribution in [1.29, 1.82) is 0 Å². The summed E-state index contributed by atoms with van der Waals surface area (Å²) in [6.45, 7) is 9.06. The van der Waals surface area contributed by atoms with E-state index in [1.165, 1.54) is 49.7 Å². The summed E-state index contributed by atoms with van der Waals surface area (Å²) in [5.74, 6) is 0.483. The molecule has 0 radical (unpaired) electrons. The van der Waals surface area contributed by atoms with Gasteiger partial charge in [-0.2, -0.15) is 0 Å². The van der Waals surface area contributed by atoms with Gasteiger partial charge in [0.2, 0.25) is 0 Å². The number of aromatic nitrogens is 2. The van der Waals surface area contributed by atoms with Gasteiger partial charge < -0.3 is 14.8 Å². The van der Waals surface area contributed by atoms with Crippen molar-refractivity contribution in [2.45, 2.75) is 121 Å². The molecule has 3 aromatic rings. The molecule has 2 fully saturated rings. The van der Waals surface area contributed by atoms with Crippen LogP contribution in [0.5, 0.6) is 11.5 Å². The number of hydrogen-bond donors (Lipinski definition) is 2. The number of hydrogen-bond acceptors (Lipinski definition) is 3. The van der Waals surface area contributed by atoms with Gasteiger partial charge in [0.25, 0.3) is 0 Å². The van der Waals surface area contributed by atoms with Crippen LogP contribution >= 0.6 is 0 Å². The molecule has 0 atom stereocenters. The zero-order chi connectivity index (χ0) is 27.8. The average molecular weight is 529 g/mol. The van der Waals surface area contributed by atoms with E-state index in [1.54, 1.807) is 0 Å². The number of phenols is 2. The van der Waals surface area contributed by atoms with E-state index < -0.39 is 0 Å². The number of rotatable bonds is 7. The predicted octanol–water partition coefficient (Wildman–Crippen LogP) is 8.58. The lowest BCUT2D eigenvalue weighted by Gasteiger charge is -2.37. The minimum atomic E-state index is -0.313. The first-order valence-corrected chi connectivity index (χ1v) is 15.4. The topological polar surface area (TPSA) is 58.3 Å². The first-order chi connectivity index (χ1) is 18.7. The maximum absolute atomic E-state index is 12.1. The van der Waals surface area contributed by atoms with Gasteiger partial charge in [-0.25, -0.2) is 4.98 Å². The first-order valence-electron chi connectivity index (χ1n) is 15.4. The lowest BCUT2D eigenvalue weighted by atomic mass is 9.68. The van der Waals surface area contributed by atoms with E-state index in [2.05, 4.69) is 56.9 Å². The van der Waals surface area contributed by atoms with Crippen LogP contribution in [-0.4, -0.2) is 19.8 Å². The van der Waals surface area contributed by atoms with Gasteiger partial charge in [0, 0.05) is 41.2 Å². The molecule has 2 aliphatic carbocycles. The van der Waals surface area contributed by atoms with Gasteiger partial charge in [-0.1, -0.05) is 90.5 Å². The van der Waals surface area contributed by atoms with Crippen molar-refractivity contribution in [1.82, 2.24) is 9.55 Å². The molecule has 5 rings (SSSR count). The van der Waals surface area contributed by atoms with Crippen LogP contribution in [-0.2, 0) is 30.7 Å². The molecular weight excluding hydrogens is 480 g/mol. The van der Waals surface area contributed by atoms with E-state index in [9.17, 15) is 10.2 Å². The molecule has 0 saturated heterocycles. The number of aromatic hydroxyl groups is 2. The highest BCUT2D eigenvalue weighted by molar-refractivity contribution is 5.59. The summed E-state index contributed by atoms with van der Waals surface area (Å²) in [7, 11) is 2.02. The second-order valence-electron chi connectivity index (χ2n) is 13.0. The third-order valence-corrected chi connectivity index (χ3v) is 10.2. The van der Waals surface area contributed by atoms with Crippen LogP contribution in [0.3, 0.4) is 0 Å². The third-order valence-electron chi connectivity index (χ3n) is 10.2. The Bertz CT molecular complexity index is 1230. The molecule has 2 saturated carbocycles. The van der Waals surface area contributed by atoms with Crippen LogP contribution in [0.4, 0.5) is 0 Å². The van der Waals surface area contributed by atoms with Gasteiger partial charge in [-0.3, -0.25) is 0 Å². The number of aryl methyl sites for hydroxylation is 3. The summed E-state index contributed by atoms with van der Waals surface area (Å²) in [6.07, 6.45) is 17.3. The van der Waals surface area contributed by atoms with Crippen LogP contribution in [0.25, 0.3) is 0 Å². The van der Waals surface area contributed by atoms with Crippen LogP contribution in [0.1, 0.15) is 137 Å². The van der Waals surface area contributed by atoms with E-state index in [4.69, 9.17) is 0 Å². The van der Waals surface area contributed by atoms with Crippen LogP contribution in [0, 0.1) is 0 Å². The Morgan fingerprint density at radius 2 is 1.18 bits per heavy atom. The van der Waals surface area contributed by atoms with Gasteiger partial charge in [0.05, 0.1) is 12.2 Å². The largest absolute Gasteiger partial charge is 0.507 e. The third kappa shape index (κ3) is 5.12.